The third-order valence-corrected chi connectivity index (χ3v) is 3.05. The first-order valence-corrected chi connectivity index (χ1v) is 4.90. The number of aromatic nitrogens is 1. The van der Waals surface area contributed by atoms with Crippen LogP contribution in [0.15, 0.2) is 6.20 Å². The number of pyridine rings is 1. The molecule has 1 heterocycles. The highest BCUT2D eigenvalue weighted by Crippen LogP contribution is 2.36. The standard InChI is InChI=1S/C6HCl2F3INO/c7-2-1-13-5(8)4(3(2)12)14-6(9,10)11/h1H. The molecular weight excluding hydrogens is 357 g/mol. The van der Waals surface area contributed by atoms with Crippen molar-refractivity contribution in [3.8, 4) is 5.75 Å². The summed E-state index contributed by atoms with van der Waals surface area (Å²) in [6, 6.07) is 0. The van der Waals surface area contributed by atoms with Crippen molar-refractivity contribution in [1.82, 2.24) is 4.98 Å². The molecular formula is C6HCl2F3INO. The van der Waals surface area contributed by atoms with Crippen LogP contribution in [0.2, 0.25) is 10.2 Å². The van der Waals surface area contributed by atoms with Gasteiger partial charge in [-0.05, 0) is 22.6 Å². The molecule has 1 rings (SSSR count). The van der Waals surface area contributed by atoms with Crippen molar-refractivity contribution in [1.29, 1.82) is 0 Å². The summed E-state index contributed by atoms with van der Waals surface area (Å²) in [5, 5.41) is -0.328. The zero-order valence-electron chi connectivity index (χ0n) is 6.20. The van der Waals surface area contributed by atoms with Gasteiger partial charge >= 0.3 is 6.36 Å². The Morgan fingerprint density at radius 2 is 1.93 bits per heavy atom. The van der Waals surface area contributed by atoms with Gasteiger partial charge in [0.15, 0.2) is 10.9 Å². The first-order valence-electron chi connectivity index (χ1n) is 3.06. The molecule has 78 valence electrons. The summed E-state index contributed by atoms with van der Waals surface area (Å²) in [4.78, 5) is 3.43. The van der Waals surface area contributed by atoms with E-state index in [0.29, 0.717) is 0 Å². The van der Waals surface area contributed by atoms with E-state index in [1.54, 1.807) is 22.6 Å². The van der Waals surface area contributed by atoms with Gasteiger partial charge in [-0.1, -0.05) is 23.2 Å². The topological polar surface area (TPSA) is 22.1 Å². The van der Waals surface area contributed by atoms with E-state index >= 15 is 0 Å². The molecule has 8 heteroatoms. The Morgan fingerprint density at radius 3 is 2.43 bits per heavy atom. The van der Waals surface area contributed by atoms with Crippen LogP contribution in [-0.2, 0) is 0 Å². The molecule has 0 radical (unpaired) electrons. The lowest BCUT2D eigenvalue weighted by Gasteiger charge is -2.11. The van der Waals surface area contributed by atoms with Crippen LogP contribution in [0.4, 0.5) is 13.2 Å². The fraction of sp³-hybridized carbons (Fsp3) is 0.167. The molecule has 14 heavy (non-hydrogen) atoms. The van der Waals surface area contributed by atoms with Crippen LogP contribution in [-0.4, -0.2) is 11.3 Å². The maximum atomic E-state index is 11.9. The molecule has 0 bridgehead atoms. The number of ether oxygens (including phenoxy) is 1. The van der Waals surface area contributed by atoms with Gasteiger partial charge in [0.1, 0.15) is 0 Å². The van der Waals surface area contributed by atoms with Crippen molar-refractivity contribution in [2.45, 2.75) is 6.36 Å². The van der Waals surface area contributed by atoms with Gasteiger partial charge in [-0.15, -0.1) is 13.2 Å². The van der Waals surface area contributed by atoms with E-state index in [-0.39, 0.29) is 13.7 Å². The molecule has 2 nitrogen and oxygen atoms in total. The average molecular weight is 358 g/mol. The lowest BCUT2D eigenvalue weighted by molar-refractivity contribution is -0.275. The Hall–Kier alpha value is 0.0500. The fourth-order valence-corrected chi connectivity index (χ4v) is 1.61. The summed E-state index contributed by atoms with van der Waals surface area (Å²) in [6.45, 7) is 0. The van der Waals surface area contributed by atoms with Gasteiger partial charge in [0, 0.05) is 6.20 Å². The van der Waals surface area contributed by atoms with Crippen LogP contribution in [0.1, 0.15) is 0 Å². The minimum Gasteiger partial charge on any atom is -0.401 e. The summed E-state index contributed by atoms with van der Waals surface area (Å²) in [5.41, 5.74) is 0. The molecule has 0 unspecified atom stereocenters. The Morgan fingerprint density at radius 1 is 1.36 bits per heavy atom. The molecule has 0 aliphatic rings. The van der Waals surface area contributed by atoms with E-state index in [4.69, 9.17) is 23.2 Å². The monoisotopic (exact) mass is 357 g/mol. The molecule has 0 saturated heterocycles. The minimum absolute atomic E-state index is 0.0502. The van der Waals surface area contributed by atoms with Gasteiger partial charge in [-0.2, -0.15) is 0 Å². The van der Waals surface area contributed by atoms with E-state index in [9.17, 15) is 13.2 Å². The van der Waals surface area contributed by atoms with Crippen LogP contribution < -0.4 is 4.74 Å². The van der Waals surface area contributed by atoms with Gasteiger partial charge < -0.3 is 4.74 Å². The number of nitrogens with zero attached hydrogens (tertiary/aromatic N) is 1. The van der Waals surface area contributed by atoms with Crippen LogP contribution in [0.25, 0.3) is 0 Å². The van der Waals surface area contributed by atoms with Crippen LogP contribution >= 0.6 is 45.8 Å². The van der Waals surface area contributed by atoms with E-state index in [2.05, 4.69) is 9.72 Å². The number of alkyl halides is 3. The third-order valence-electron chi connectivity index (χ3n) is 1.11. The predicted octanol–water partition coefficient (Wildman–Crippen LogP) is 3.89. The second kappa shape index (κ2) is 4.28. The SMILES string of the molecule is FC(F)(F)Oc1c(Cl)ncc(Cl)c1I. The van der Waals surface area contributed by atoms with Crippen molar-refractivity contribution in [3.63, 3.8) is 0 Å². The molecule has 0 fully saturated rings. The number of rotatable bonds is 1. The summed E-state index contributed by atoms with van der Waals surface area (Å²) >= 11 is 12.5. The molecule has 0 aromatic carbocycles. The molecule has 0 aliphatic carbocycles. The molecule has 0 saturated carbocycles. The molecule has 0 atom stereocenters. The van der Waals surface area contributed by atoms with E-state index in [1.807, 2.05) is 0 Å². The quantitative estimate of drug-likeness (QED) is 0.562. The smallest absolute Gasteiger partial charge is 0.401 e. The highest BCUT2D eigenvalue weighted by atomic mass is 127. The minimum atomic E-state index is -4.81. The third kappa shape index (κ3) is 3.03. The Labute approximate surface area is 100 Å². The Bertz CT molecular complexity index is 358. The number of hydrogen-bond acceptors (Lipinski definition) is 2. The van der Waals surface area contributed by atoms with Crippen molar-refractivity contribution < 1.29 is 17.9 Å². The van der Waals surface area contributed by atoms with Crippen LogP contribution in [0, 0.1) is 3.57 Å². The zero-order valence-corrected chi connectivity index (χ0v) is 9.87. The second-order valence-corrected chi connectivity index (χ2v) is 3.93. The van der Waals surface area contributed by atoms with Gasteiger partial charge in [0.05, 0.1) is 8.59 Å². The van der Waals surface area contributed by atoms with Crippen molar-refractivity contribution in [2.24, 2.45) is 0 Å². The summed E-state index contributed by atoms with van der Waals surface area (Å²) < 4.78 is 39.4. The molecule has 1 aromatic rings. The molecule has 0 spiro atoms. The fourth-order valence-electron chi connectivity index (χ4n) is 0.630. The predicted molar refractivity (Wildman–Crippen MR) is 53.7 cm³/mol. The van der Waals surface area contributed by atoms with Crippen molar-refractivity contribution >= 4 is 45.8 Å². The molecule has 0 amide bonds. The van der Waals surface area contributed by atoms with E-state index in [0.717, 1.165) is 6.20 Å². The van der Waals surface area contributed by atoms with Crippen LogP contribution in [0.3, 0.4) is 0 Å². The van der Waals surface area contributed by atoms with Gasteiger partial charge in [-0.25, -0.2) is 4.98 Å². The lowest BCUT2D eigenvalue weighted by atomic mass is 10.4. The Balaban J connectivity index is 3.13. The highest BCUT2D eigenvalue weighted by Gasteiger charge is 2.33. The van der Waals surface area contributed by atoms with Crippen molar-refractivity contribution in [3.05, 3.63) is 19.9 Å². The van der Waals surface area contributed by atoms with Crippen LogP contribution in [0.5, 0.6) is 5.75 Å². The largest absolute Gasteiger partial charge is 0.573 e. The highest BCUT2D eigenvalue weighted by molar-refractivity contribution is 14.1. The second-order valence-electron chi connectivity index (χ2n) is 2.09. The maximum absolute atomic E-state index is 11.9. The summed E-state index contributed by atoms with van der Waals surface area (Å²) in [5.74, 6) is -0.577. The van der Waals surface area contributed by atoms with Crippen molar-refractivity contribution in [2.75, 3.05) is 0 Å². The number of halogens is 6. The van der Waals surface area contributed by atoms with Gasteiger partial charge in [0.25, 0.3) is 0 Å². The molecule has 0 aliphatic heterocycles. The Kier molecular flexibility index (Phi) is 3.70. The summed E-state index contributed by atoms with van der Waals surface area (Å²) in [7, 11) is 0. The lowest BCUT2D eigenvalue weighted by Crippen LogP contribution is -2.18. The zero-order chi connectivity index (χ0) is 10.9. The first-order chi connectivity index (χ1) is 6.31. The number of hydrogen-bond donors (Lipinski definition) is 0. The molecule has 1 aromatic heterocycles. The molecule has 0 N–H and O–H groups in total. The first kappa shape index (κ1) is 12.1. The van der Waals surface area contributed by atoms with Gasteiger partial charge in [-0.3, -0.25) is 0 Å². The maximum Gasteiger partial charge on any atom is 0.573 e. The normalized spacial score (nSPS) is 11.6. The van der Waals surface area contributed by atoms with E-state index in [1.165, 1.54) is 0 Å². The van der Waals surface area contributed by atoms with E-state index < -0.39 is 12.1 Å². The van der Waals surface area contributed by atoms with Gasteiger partial charge in [0.2, 0.25) is 0 Å². The average Bonchev–Trinajstić information content (AvgIpc) is 2.04. The summed E-state index contributed by atoms with van der Waals surface area (Å²) in [6.07, 6.45) is -3.66.